The van der Waals surface area contributed by atoms with E-state index >= 15 is 0 Å². The number of ether oxygens (including phenoxy) is 1. The molecular weight excluding hydrogens is 410 g/mol. The average Bonchev–Trinajstić information content (AvgIpc) is 3.34. The van der Waals surface area contributed by atoms with Crippen molar-refractivity contribution in [3.8, 4) is 0 Å². The highest BCUT2D eigenvalue weighted by atomic mass is 32.1. The number of morpholine rings is 1. The van der Waals surface area contributed by atoms with Crippen LogP contribution in [-0.4, -0.2) is 62.7 Å². The molecule has 2 heterocycles. The number of nitrogens with zero attached hydrogens (tertiary/aromatic N) is 2. The van der Waals surface area contributed by atoms with Crippen molar-refractivity contribution in [2.24, 2.45) is 4.99 Å². The lowest BCUT2D eigenvalue weighted by Crippen LogP contribution is -2.42. The fourth-order valence-corrected chi connectivity index (χ4v) is 4.31. The molecule has 1 aromatic carbocycles. The molecule has 0 aliphatic carbocycles. The Kier molecular flexibility index (Phi) is 9.82. The Balaban J connectivity index is 1.49. The maximum atomic E-state index is 12.2. The molecule has 31 heavy (non-hydrogen) atoms. The Morgan fingerprint density at radius 3 is 2.65 bits per heavy atom. The number of amides is 1. The normalized spacial score (nSPS) is 16.0. The van der Waals surface area contributed by atoms with Crippen LogP contribution in [0.2, 0.25) is 0 Å². The maximum Gasteiger partial charge on any atom is 0.222 e. The van der Waals surface area contributed by atoms with Crippen LogP contribution in [0.1, 0.15) is 29.8 Å². The molecule has 0 saturated carbocycles. The third-order valence-corrected chi connectivity index (χ3v) is 6.08. The predicted octanol–water partition coefficient (Wildman–Crippen LogP) is 2.38. The van der Waals surface area contributed by atoms with Crippen LogP contribution in [-0.2, 0) is 16.1 Å². The van der Waals surface area contributed by atoms with E-state index in [9.17, 15) is 4.79 Å². The second kappa shape index (κ2) is 13.1. The lowest BCUT2D eigenvalue weighted by molar-refractivity contribution is -0.121. The van der Waals surface area contributed by atoms with Gasteiger partial charge in [-0.1, -0.05) is 36.4 Å². The number of benzene rings is 1. The number of carbonyl (C=O) groups is 1. The first-order valence-electron chi connectivity index (χ1n) is 10.9. The van der Waals surface area contributed by atoms with Gasteiger partial charge in [-0.25, -0.2) is 0 Å². The molecule has 1 aromatic heterocycles. The Morgan fingerprint density at radius 2 is 1.94 bits per heavy atom. The van der Waals surface area contributed by atoms with Gasteiger partial charge < -0.3 is 20.7 Å². The van der Waals surface area contributed by atoms with E-state index in [1.54, 1.807) is 11.3 Å². The Labute approximate surface area is 188 Å². The standard InChI is InChI=1S/C23H33N5O2S/c1-2-24-23(25-11-10-22(29)26-17-19-7-4-3-5-8-19)27-18-20(21-9-6-16-31-21)28-12-14-30-15-13-28/h3-9,16,20H,2,10-15,17-18H2,1H3,(H,26,29)(H2,24,25,27). The summed E-state index contributed by atoms with van der Waals surface area (Å²) in [5.74, 6) is 0.769. The lowest BCUT2D eigenvalue weighted by atomic mass is 10.2. The third-order valence-electron chi connectivity index (χ3n) is 5.10. The van der Waals surface area contributed by atoms with Crippen molar-refractivity contribution >= 4 is 23.2 Å². The molecule has 1 amide bonds. The quantitative estimate of drug-likeness (QED) is 0.388. The fraction of sp³-hybridized carbons (Fsp3) is 0.478. The Morgan fingerprint density at radius 1 is 1.13 bits per heavy atom. The summed E-state index contributed by atoms with van der Waals surface area (Å²) in [6.07, 6.45) is 0.398. The van der Waals surface area contributed by atoms with Gasteiger partial charge in [-0.2, -0.15) is 0 Å². The molecule has 0 spiro atoms. The number of carbonyl (C=O) groups excluding carboxylic acids is 1. The minimum atomic E-state index is 0.0250. The predicted molar refractivity (Wildman–Crippen MR) is 126 cm³/mol. The van der Waals surface area contributed by atoms with Gasteiger partial charge in [0.15, 0.2) is 5.96 Å². The number of hydrogen-bond donors (Lipinski definition) is 3. The molecule has 1 aliphatic heterocycles. The highest BCUT2D eigenvalue weighted by Gasteiger charge is 2.23. The molecule has 7 nitrogen and oxygen atoms in total. The zero-order valence-corrected chi connectivity index (χ0v) is 19.0. The SMILES string of the molecule is CCNC(=NCC(c1cccs1)N1CCOCC1)NCCC(=O)NCc1ccccc1. The van der Waals surface area contributed by atoms with Crippen LogP contribution in [0.15, 0.2) is 52.8 Å². The zero-order chi connectivity index (χ0) is 21.7. The van der Waals surface area contributed by atoms with Crippen molar-refractivity contribution in [1.82, 2.24) is 20.9 Å². The first-order chi connectivity index (χ1) is 15.3. The van der Waals surface area contributed by atoms with Crippen LogP contribution >= 0.6 is 11.3 Å². The summed E-state index contributed by atoms with van der Waals surface area (Å²) in [6.45, 7) is 7.94. The lowest BCUT2D eigenvalue weighted by Gasteiger charge is -2.33. The van der Waals surface area contributed by atoms with Crippen LogP contribution in [0.3, 0.4) is 0 Å². The first kappa shape index (κ1) is 23.2. The van der Waals surface area contributed by atoms with Crippen LogP contribution in [0.5, 0.6) is 0 Å². The molecule has 1 atom stereocenters. The summed E-state index contributed by atoms with van der Waals surface area (Å²) in [4.78, 5) is 20.7. The monoisotopic (exact) mass is 443 g/mol. The number of nitrogens with one attached hydrogen (secondary N) is 3. The van der Waals surface area contributed by atoms with Crippen molar-refractivity contribution in [3.63, 3.8) is 0 Å². The van der Waals surface area contributed by atoms with E-state index < -0.39 is 0 Å². The van der Waals surface area contributed by atoms with Crippen molar-refractivity contribution in [3.05, 3.63) is 58.3 Å². The van der Waals surface area contributed by atoms with Gasteiger partial charge >= 0.3 is 0 Å². The maximum absolute atomic E-state index is 12.2. The van der Waals surface area contributed by atoms with Gasteiger partial charge in [0.2, 0.25) is 5.91 Å². The summed E-state index contributed by atoms with van der Waals surface area (Å²) >= 11 is 1.77. The van der Waals surface area contributed by atoms with Crippen LogP contribution in [0.25, 0.3) is 0 Å². The van der Waals surface area contributed by atoms with Gasteiger partial charge in [-0.15, -0.1) is 11.3 Å². The molecule has 1 unspecified atom stereocenters. The second-order valence-corrected chi connectivity index (χ2v) is 8.32. The number of rotatable bonds is 10. The number of guanidine groups is 1. The largest absolute Gasteiger partial charge is 0.379 e. The minimum absolute atomic E-state index is 0.0250. The fourth-order valence-electron chi connectivity index (χ4n) is 3.45. The summed E-state index contributed by atoms with van der Waals surface area (Å²) < 4.78 is 5.52. The summed E-state index contributed by atoms with van der Waals surface area (Å²) in [5, 5.41) is 11.7. The molecule has 1 saturated heterocycles. The van der Waals surface area contributed by atoms with Crippen molar-refractivity contribution in [2.45, 2.75) is 25.9 Å². The molecule has 2 aromatic rings. The van der Waals surface area contributed by atoms with Crippen LogP contribution < -0.4 is 16.0 Å². The topological polar surface area (TPSA) is 78.0 Å². The van der Waals surface area contributed by atoms with Gasteiger partial charge in [0.05, 0.1) is 25.8 Å². The minimum Gasteiger partial charge on any atom is -0.379 e. The molecule has 1 aliphatic rings. The highest BCUT2D eigenvalue weighted by molar-refractivity contribution is 7.10. The molecule has 1 fully saturated rings. The van der Waals surface area contributed by atoms with Crippen LogP contribution in [0.4, 0.5) is 0 Å². The van der Waals surface area contributed by atoms with E-state index in [4.69, 9.17) is 9.73 Å². The molecule has 8 heteroatoms. The number of thiophene rings is 1. The molecular formula is C23H33N5O2S. The van der Waals surface area contributed by atoms with Crippen LogP contribution in [0, 0.1) is 0 Å². The number of aliphatic imine (C=N–C) groups is 1. The smallest absolute Gasteiger partial charge is 0.222 e. The average molecular weight is 444 g/mol. The van der Waals surface area contributed by atoms with Crippen molar-refractivity contribution in [1.29, 1.82) is 0 Å². The van der Waals surface area contributed by atoms with E-state index in [2.05, 4.69) is 38.4 Å². The molecule has 0 bridgehead atoms. The van der Waals surface area contributed by atoms with Crippen molar-refractivity contribution < 1.29 is 9.53 Å². The first-order valence-corrected chi connectivity index (χ1v) is 11.8. The summed E-state index contributed by atoms with van der Waals surface area (Å²) in [6, 6.07) is 14.4. The van der Waals surface area contributed by atoms with Gasteiger partial charge in [0.25, 0.3) is 0 Å². The molecule has 0 radical (unpaired) electrons. The van der Waals surface area contributed by atoms with E-state index in [-0.39, 0.29) is 11.9 Å². The van der Waals surface area contributed by atoms with Gasteiger partial charge in [0.1, 0.15) is 0 Å². The van der Waals surface area contributed by atoms with Gasteiger partial charge in [-0.3, -0.25) is 14.7 Å². The summed E-state index contributed by atoms with van der Waals surface area (Å²) in [5.41, 5.74) is 1.10. The number of hydrogen-bond acceptors (Lipinski definition) is 5. The Bertz CT molecular complexity index is 792. The van der Waals surface area contributed by atoms with Gasteiger partial charge in [-0.05, 0) is 23.9 Å². The summed E-state index contributed by atoms with van der Waals surface area (Å²) in [7, 11) is 0. The van der Waals surface area contributed by atoms with E-state index in [1.165, 1.54) is 4.88 Å². The zero-order valence-electron chi connectivity index (χ0n) is 18.2. The third kappa shape index (κ3) is 7.97. The van der Waals surface area contributed by atoms with Gasteiger partial charge in [0, 0.05) is 44.0 Å². The van der Waals surface area contributed by atoms with Crippen molar-refractivity contribution in [2.75, 3.05) is 45.9 Å². The molecule has 3 rings (SSSR count). The van der Waals surface area contributed by atoms with E-state index in [0.717, 1.165) is 44.4 Å². The molecule has 3 N–H and O–H groups in total. The Hall–Kier alpha value is -2.42. The second-order valence-electron chi connectivity index (χ2n) is 7.34. The molecule has 168 valence electrons. The highest BCUT2D eigenvalue weighted by Crippen LogP contribution is 2.26. The van der Waals surface area contributed by atoms with E-state index in [1.807, 2.05) is 37.3 Å². The van der Waals surface area contributed by atoms with E-state index in [0.29, 0.717) is 26.1 Å².